The van der Waals surface area contributed by atoms with Crippen LogP contribution in [0, 0.1) is 5.41 Å². The zero-order valence-corrected chi connectivity index (χ0v) is 9.66. The molecule has 1 heterocycles. The molecule has 1 aliphatic rings. The van der Waals surface area contributed by atoms with E-state index in [9.17, 15) is 0 Å². The maximum absolute atomic E-state index is 5.67. The highest BCUT2D eigenvalue weighted by atomic mass is 16.5. The third-order valence-electron chi connectivity index (χ3n) is 3.12. The largest absolute Gasteiger partial charge is 0.339 e. The number of hydrogen-bond acceptors (Lipinski definition) is 4. The molecule has 1 saturated carbocycles. The van der Waals surface area contributed by atoms with Crippen LogP contribution >= 0.6 is 0 Å². The molecule has 4 heteroatoms. The lowest BCUT2D eigenvalue weighted by atomic mass is 10.1. The van der Waals surface area contributed by atoms with Crippen molar-refractivity contribution in [3.05, 3.63) is 11.7 Å². The molecular weight excluding hydrogens is 190 g/mol. The first-order chi connectivity index (χ1) is 6.99. The van der Waals surface area contributed by atoms with E-state index in [1.54, 1.807) is 0 Å². The van der Waals surface area contributed by atoms with Gasteiger partial charge in [-0.05, 0) is 25.2 Å². The minimum absolute atomic E-state index is 0.192. The molecule has 0 aromatic carbocycles. The van der Waals surface area contributed by atoms with Crippen molar-refractivity contribution < 1.29 is 4.52 Å². The SMILES string of the molecule is CC(N)CCc1nc(C2CC2(C)C)no1. The molecule has 0 radical (unpaired) electrons. The van der Waals surface area contributed by atoms with Crippen molar-refractivity contribution in [2.45, 2.75) is 52.0 Å². The van der Waals surface area contributed by atoms with Gasteiger partial charge in [0, 0.05) is 18.4 Å². The van der Waals surface area contributed by atoms with Crippen LogP contribution in [0.1, 0.15) is 51.2 Å². The molecule has 0 aliphatic heterocycles. The van der Waals surface area contributed by atoms with Gasteiger partial charge >= 0.3 is 0 Å². The highest BCUT2D eigenvalue weighted by Crippen LogP contribution is 2.57. The van der Waals surface area contributed by atoms with Crippen molar-refractivity contribution in [1.29, 1.82) is 0 Å². The van der Waals surface area contributed by atoms with Crippen LogP contribution in [0.15, 0.2) is 4.52 Å². The molecule has 0 amide bonds. The molecule has 0 saturated heterocycles. The van der Waals surface area contributed by atoms with Gasteiger partial charge in [0.05, 0.1) is 0 Å². The highest BCUT2D eigenvalue weighted by molar-refractivity contribution is 5.14. The smallest absolute Gasteiger partial charge is 0.226 e. The first-order valence-corrected chi connectivity index (χ1v) is 5.57. The summed E-state index contributed by atoms with van der Waals surface area (Å²) in [5.74, 6) is 2.09. The molecule has 2 N–H and O–H groups in total. The third-order valence-corrected chi connectivity index (χ3v) is 3.12. The van der Waals surface area contributed by atoms with E-state index in [0.717, 1.165) is 24.6 Å². The van der Waals surface area contributed by atoms with E-state index in [1.807, 2.05) is 6.92 Å². The van der Waals surface area contributed by atoms with E-state index >= 15 is 0 Å². The summed E-state index contributed by atoms with van der Waals surface area (Å²) < 4.78 is 5.19. The van der Waals surface area contributed by atoms with Crippen LogP contribution in [0.2, 0.25) is 0 Å². The molecule has 1 aromatic rings. The van der Waals surface area contributed by atoms with Crippen LogP contribution in [-0.4, -0.2) is 16.2 Å². The maximum Gasteiger partial charge on any atom is 0.226 e. The number of aromatic nitrogens is 2. The Labute approximate surface area is 90.2 Å². The summed E-state index contributed by atoms with van der Waals surface area (Å²) in [5, 5.41) is 4.02. The Balaban J connectivity index is 1.93. The fraction of sp³-hybridized carbons (Fsp3) is 0.818. The first-order valence-electron chi connectivity index (χ1n) is 5.57. The van der Waals surface area contributed by atoms with Gasteiger partial charge in [-0.25, -0.2) is 0 Å². The van der Waals surface area contributed by atoms with Gasteiger partial charge in [-0.3, -0.25) is 0 Å². The third kappa shape index (κ3) is 2.37. The van der Waals surface area contributed by atoms with Gasteiger partial charge in [-0.15, -0.1) is 0 Å². The van der Waals surface area contributed by atoms with Crippen LogP contribution in [0.4, 0.5) is 0 Å². The monoisotopic (exact) mass is 209 g/mol. The minimum atomic E-state index is 0.192. The van der Waals surface area contributed by atoms with E-state index < -0.39 is 0 Å². The van der Waals surface area contributed by atoms with Crippen molar-refractivity contribution in [1.82, 2.24) is 10.1 Å². The van der Waals surface area contributed by atoms with Gasteiger partial charge in [0.2, 0.25) is 5.89 Å². The number of nitrogens with zero attached hydrogens (tertiary/aromatic N) is 2. The summed E-state index contributed by atoms with van der Waals surface area (Å²) >= 11 is 0. The normalized spacial score (nSPS) is 25.2. The van der Waals surface area contributed by atoms with Gasteiger partial charge in [0.25, 0.3) is 0 Å². The average molecular weight is 209 g/mol. The lowest BCUT2D eigenvalue weighted by molar-refractivity contribution is 0.366. The Bertz CT molecular complexity index is 343. The predicted molar refractivity (Wildman–Crippen MR) is 57.4 cm³/mol. The second-order valence-corrected chi connectivity index (χ2v) is 5.31. The molecule has 15 heavy (non-hydrogen) atoms. The van der Waals surface area contributed by atoms with Crippen molar-refractivity contribution >= 4 is 0 Å². The Morgan fingerprint density at radius 2 is 2.27 bits per heavy atom. The van der Waals surface area contributed by atoms with E-state index in [2.05, 4.69) is 24.0 Å². The van der Waals surface area contributed by atoms with Gasteiger partial charge in [-0.2, -0.15) is 4.98 Å². The average Bonchev–Trinajstić information content (AvgIpc) is 2.63. The first kappa shape index (κ1) is 10.6. The standard InChI is InChI=1S/C11H19N3O/c1-7(12)4-5-9-13-10(14-15-9)8-6-11(8,2)3/h7-8H,4-6,12H2,1-3H3. The number of hydrogen-bond donors (Lipinski definition) is 1. The van der Waals surface area contributed by atoms with Gasteiger partial charge in [-0.1, -0.05) is 19.0 Å². The number of rotatable bonds is 4. The van der Waals surface area contributed by atoms with Crippen LogP contribution in [-0.2, 0) is 6.42 Å². The van der Waals surface area contributed by atoms with Gasteiger partial charge in [0.15, 0.2) is 5.82 Å². The Morgan fingerprint density at radius 1 is 1.60 bits per heavy atom. The van der Waals surface area contributed by atoms with Crippen molar-refractivity contribution in [2.24, 2.45) is 11.1 Å². The minimum Gasteiger partial charge on any atom is -0.339 e. The second-order valence-electron chi connectivity index (χ2n) is 5.31. The van der Waals surface area contributed by atoms with Crippen molar-refractivity contribution in [3.63, 3.8) is 0 Å². The summed E-state index contributed by atoms with van der Waals surface area (Å²) in [6.07, 6.45) is 2.85. The molecule has 0 bridgehead atoms. The summed E-state index contributed by atoms with van der Waals surface area (Å²) in [5.41, 5.74) is 6.04. The Kier molecular flexibility index (Phi) is 2.54. The summed E-state index contributed by atoms with van der Waals surface area (Å²) in [6, 6.07) is 0.192. The molecular formula is C11H19N3O. The van der Waals surface area contributed by atoms with Gasteiger partial charge < -0.3 is 10.3 Å². The van der Waals surface area contributed by atoms with Crippen LogP contribution in [0.3, 0.4) is 0 Å². The molecule has 2 unspecified atom stereocenters. The molecule has 84 valence electrons. The van der Waals surface area contributed by atoms with Crippen molar-refractivity contribution in [3.8, 4) is 0 Å². The topological polar surface area (TPSA) is 64.9 Å². The molecule has 0 spiro atoms. The zero-order chi connectivity index (χ0) is 11.1. The van der Waals surface area contributed by atoms with Crippen molar-refractivity contribution in [2.75, 3.05) is 0 Å². The predicted octanol–water partition coefficient (Wildman–Crippen LogP) is 1.86. The summed E-state index contributed by atoms with van der Waals surface area (Å²) in [7, 11) is 0. The maximum atomic E-state index is 5.67. The number of nitrogens with two attached hydrogens (primary N) is 1. The zero-order valence-electron chi connectivity index (χ0n) is 9.66. The molecule has 4 nitrogen and oxygen atoms in total. The Morgan fingerprint density at radius 3 is 2.80 bits per heavy atom. The van der Waals surface area contributed by atoms with E-state index in [4.69, 9.17) is 10.3 Å². The molecule has 1 aromatic heterocycles. The van der Waals surface area contributed by atoms with E-state index in [1.165, 1.54) is 6.42 Å². The molecule has 2 atom stereocenters. The van der Waals surface area contributed by atoms with E-state index in [0.29, 0.717) is 11.3 Å². The van der Waals surface area contributed by atoms with Crippen LogP contribution in [0.25, 0.3) is 0 Å². The fourth-order valence-electron chi connectivity index (χ4n) is 1.77. The second kappa shape index (κ2) is 3.59. The molecule has 2 rings (SSSR count). The lowest BCUT2D eigenvalue weighted by Crippen LogP contribution is -2.15. The quantitative estimate of drug-likeness (QED) is 0.822. The molecule has 1 aliphatic carbocycles. The summed E-state index contributed by atoms with van der Waals surface area (Å²) in [6.45, 7) is 6.45. The highest BCUT2D eigenvalue weighted by Gasteiger charge is 2.49. The van der Waals surface area contributed by atoms with Crippen LogP contribution in [0.5, 0.6) is 0 Å². The Hall–Kier alpha value is -0.900. The fourth-order valence-corrected chi connectivity index (χ4v) is 1.77. The van der Waals surface area contributed by atoms with Gasteiger partial charge in [0.1, 0.15) is 0 Å². The lowest BCUT2D eigenvalue weighted by Gasteiger charge is -1.99. The summed E-state index contributed by atoms with van der Waals surface area (Å²) in [4.78, 5) is 4.41. The number of aryl methyl sites for hydroxylation is 1. The molecule has 1 fully saturated rings. The van der Waals surface area contributed by atoms with E-state index in [-0.39, 0.29) is 6.04 Å². The van der Waals surface area contributed by atoms with Crippen LogP contribution < -0.4 is 5.73 Å².